The number of ether oxygens (including phenoxy) is 3. The molecule has 0 aliphatic heterocycles. The highest BCUT2D eigenvalue weighted by molar-refractivity contribution is 6.00. The van der Waals surface area contributed by atoms with Crippen LogP contribution in [0.15, 0.2) is 47.6 Å². The Bertz CT molecular complexity index is 833. The van der Waals surface area contributed by atoms with Gasteiger partial charge in [0.25, 0.3) is 5.91 Å². The second-order valence-corrected chi connectivity index (χ2v) is 5.49. The second kappa shape index (κ2) is 9.96. The number of hydrogen-bond donors (Lipinski definition) is 1. The van der Waals surface area contributed by atoms with Gasteiger partial charge in [0, 0.05) is 11.1 Å². The molecule has 0 aliphatic rings. The molecule has 0 saturated heterocycles. The first kappa shape index (κ1) is 20.0. The zero-order valence-corrected chi connectivity index (χ0v) is 15.5. The van der Waals surface area contributed by atoms with E-state index in [4.69, 9.17) is 14.2 Å². The summed E-state index contributed by atoms with van der Waals surface area (Å²) in [6.07, 6.45) is 2.26. The molecule has 1 amide bonds. The van der Waals surface area contributed by atoms with Gasteiger partial charge in [-0.3, -0.25) is 4.79 Å². The molecular formula is C20H22N2O5. The predicted octanol–water partition coefficient (Wildman–Crippen LogP) is 3.03. The fourth-order valence-corrected chi connectivity index (χ4v) is 2.27. The van der Waals surface area contributed by atoms with Crippen LogP contribution in [-0.4, -0.2) is 38.9 Å². The van der Waals surface area contributed by atoms with E-state index in [1.807, 2.05) is 6.92 Å². The molecular weight excluding hydrogens is 348 g/mol. The summed E-state index contributed by atoms with van der Waals surface area (Å²) < 4.78 is 15.6. The average molecular weight is 370 g/mol. The summed E-state index contributed by atoms with van der Waals surface area (Å²) >= 11 is 0. The normalized spacial score (nSPS) is 10.5. The number of esters is 1. The van der Waals surface area contributed by atoms with Crippen LogP contribution in [0.25, 0.3) is 0 Å². The molecule has 142 valence electrons. The summed E-state index contributed by atoms with van der Waals surface area (Å²) in [5, 5.41) is 3.92. The molecule has 2 aromatic rings. The van der Waals surface area contributed by atoms with E-state index in [2.05, 4.69) is 10.5 Å². The Morgan fingerprint density at radius 1 is 1.11 bits per heavy atom. The third-order valence-corrected chi connectivity index (χ3v) is 3.62. The van der Waals surface area contributed by atoms with Crippen LogP contribution in [0.2, 0.25) is 0 Å². The van der Waals surface area contributed by atoms with Crippen molar-refractivity contribution in [2.75, 3.05) is 20.8 Å². The molecule has 0 saturated carbocycles. The number of hydrogen-bond acceptors (Lipinski definition) is 6. The fourth-order valence-electron chi connectivity index (χ4n) is 2.27. The molecule has 1 N–H and O–H groups in total. The lowest BCUT2D eigenvalue weighted by atomic mass is 10.1. The van der Waals surface area contributed by atoms with Gasteiger partial charge in [0.1, 0.15) is 0 Å². The minimum atomic E-state index is -0.476. The van der Waals surface area contributed by atoms with Gasteiger partial charge >= 0.3 is 5.97 Å². The van der Waals surface area contributed by atoms with Gasteiger partial charge in [-0.25, -0.2) is 10.2 Å². The van der Waals surface area contributed by atoms with Crippen LogP contribution in [0.3, 0.4) is 0 Å². The molecule has 27 heavy (non-hydrogen) atoms. The molecule has 0 unspecified atom stereocenters. The minimum Gasteiger partial charge on any atom is -0.493 e. The third-order valence-electron chi connectivity index (χ3n) is 3.62. The molecule has 0 radical (unpaired) electrons. The molecule has 0 spiro atoms. The van der Waals surface area contributed by atoms with E-state index >= 15 is 0 Å². The number of rotatable bonds is 8. The number of nitrogens with zero attached hydrogens (tertiary/aromatic N) is 1. The van der Waals surface area contributed by atoms with Gasteiger partial charge in [-0.2, -0.15) is 5.10 Å². The van der Waals surface area contributed by atoms with E-state index < -0.39 is 11.9 Å². The molecule has 7 nitrogen and oxygen atoms in total. The Morgan fingerprint density at radius 2 is 1.89 bits per heavy atom. The number of benzene rings is 2. The summed E-state index contributed by atoms with van der Waals surface area (Å²) in [5.74, 6) is 0.153. The van der Waals surface area contributed by atoms with Crippen LogP contribution in [-0.2, 0) is 4.74 Å². The average Bonchev–Trinajstić information content (AvgIpc) is 2.71. The van der Waals surface area contributed by atoms with E-state index in [1.54, 1.807) is 42.5 Å². The summed E-state index contributed by atoms with van der Waals surface area (Å²) in [7, 11) is 2.82. The monoisotopic (exact) mass is 370 g/mol. The lowest BCUT2D eigenvalue weighted by Crippen LogP contribution is -2.18. The molecule has 2 aromatic carbocycles. The van der Waals surface area contributed by atoms with Gasteiger partial charge in [0.2, 0.25) is 0 Å². The van der Waals surface area contributed by atoms with Gasteiger partial charge in [0.15, 0.2) is 11.5 Å². The summed E-state index contributed by atoms with van der Waals surface area (Å²) in [6, 6.07) is 11.7. The number of hydrazone groups is 1. The van der Waals surface area contributed by atoms with Crippen molar-refractivity contribution in [2.45, 2.75) is 13.3 Å². The Hall–Kier alpha value is -3.35. The largest absolute Gasteiger partial charge is 0.493 e. The molecule has 0 fully saturated rings. The topological polar surface area (TPSA) is 86.2 Å². The molecule has 7 heteroatoms. The van der Waals surface area contributed by atoms with Crippen LogP contribution >= 0.6 is 0 Å². The van der Waals surface area contributed by atoms with Crippen molar-refractivity contribution in [1.29, 1.82) is 0 Å². The number of amides is 1. The quantitative estimate of drug-likeness (QED) is 0.438. The lowest BCUT2D eigenvalue weighted by molar-refractivity contribution is 0.0600. The lowest BCUT2D eigenvalue weighted by Gasteiger charge is -2.11. The Balaban J connectivity index is 2.10. The second-order valence-electron chi connectivity index (χ2n) is 5.49. The van der Waals surface area contributed by atoms with E-state index in [1.165, 1.54) is 20.4 Å². The van der Waals surface area contributed by atoms with Crippen LogP contribution in [0.4, 0.5) is 0 Å². The van der Waals surface area contributed by atoms with Crippen molar-refractivity contribution >= 4 is 18.1 Å². The molecule has 0 atom stereocenters. The SMILES string of the molecule is CCCOc1ccc(C(=O)N/N=C\c2ccccc2C(=O)OC)cc1OC. The summed E-state index contributed by atoms with van der Waals surface area (Å²) in [5.41, 5.74) is 3.69. The first-order valence-electron chi connectivity index (χ1n) is 8.42. The van der Waals surface area contributed by atoms with Crippen molar-refractivity contribution in [2.24, 2.45) is 5.10 Å². The van der Waals surface area contributed by atoms with Gasteiger partial charge < -0.3 is 14.2 Å². The highest BCUT2D eigenvalue weighted by atomic mass is 16.5. The Kier molecular flexibility index (Phi) is 7.37. The van der Waals surface area contributed by atoms with Crippen LogP contribution in [0.1, 0.15) is 39.6 Å². The van der Waals surface area contributed by atoms with Gasteiger partial charge in [0.05, 0.1) is 32.6 Å². The van der Waals surface area contributed by atoms with Gasteiger partial charge in [-0.15, -0.1) is 0 Å². The maximum Gasteiger partial charge on any atom is 0.338 e. The summed E-state index contributed by atoms with van der Waals surface area (Å²) in [6.45, 7) is 2.57. The summed E-state index contributed by atoms with van der Waals surface area (Å²) in [4.78, 5) is 24.0. The fraction of sp³-hybridized carbons (Fsp3) is 0.250. The van der Waals surface area contributed by atoms with Crippen LogP contribution in [0.5, 0.6) is 11.5 Å². The maximum atomic E-state index is 12.3. The zero-order valence-electron chi connectivity index (χ0n) is 15.5. The van der Waals surface area contributed by atoms with Crippen molar-refractivity contribution in [3.8, 4) is 11.5 Å². The highest BCUT2D eigenvalue weighted by Gasteiger charge is 2.12. The van der Waals surface area contributed by atoms with Crippen molar-refractivity contribution in [3.05, 3.63) is 59.2 Å². The van der Waals surface area contributed by atoms with E-state index in [-0.39, 0.29) is 0 Å². The standard InChI is InChI=1S/C20H22N2O5/c1-4-11-27-17-10-9-14(12-18(17)25-2)19(23)22-21-13-15-7-5-6-8-16(15)20(24)26-3/h5-10,12-13H,4,11H2,1-3H3,(H,22,23)/b21-13-. The van der Waals surface area contributed by atoms with Gasteiger partial charge in [-0.1, -0.05) is 25.1 Å². The van der Waals surface area contributed by atoms with Crippen molar-refractivity contribution in [3.63, 3.8) is 0 Å². The minimum absolute atomic E-state index is 0.358. The first-order chi connectivity index (χ1) is 13.1. The number of nitrogens with one attached hydrogen (secondary N) is 1. The maximum absolute atomic E-state index is 12.3. The van der Waals surface area contributed by atoms with Gasteiger partial charge in [-0.05, 0) is 30.7 Å². The number of methoxy groups -OCH3 is 2. The van der Waals surface area contributed by atoms with E-state index in [0.717, 1.165) is 6.42 Å². The molecule has 0 bridgehead atoms. The third kappa shape index (κ3) is 5.31. The molecule has 0 heterocycles. The van der Waals surface area contributed by atoms with Crippen LogP contribution in [0, 0.1) is 0 Å². The van der Waals surface area contributed by atoms with E-state index in [9.17, 15) is 9.59 Å². The molecule has 0 aliphatic carbocycles. The van der Waals surface area contributed by atoms with Crippen LogP contribution < -0.4 is 14.9 Å². The Morgan fingerprint density at radius 3 is 2.59 bits per heavy atom. The zero-order chi connectivity index (χ0) is 19.6. The van der Waals surface area contributed by atoms with E-state index in [0.29, 0.717) is 34.8 Å². The first-order valence-corrected chi connectivity index (χ1v) is 8.42. The molecule has 2 rings (SSSR count). The van der Waals surface area contributed by atoms with Crippen molar-refractivity contribution < 1.29 is 23.8 Å². The Labute approximate surface area is 157 Å². The molecule has 0 aromatic heterocycles. The predicted molar refractivity (Wildman–Crippen MR) is 102 cm³/mol. The number of carbonyl (C=O) groups is 2. The van der Waals surface area contributed by atoms with Crippen molar-refractivity contribution in [1.82, 2.24) is 5.43 Å². The smallest absolute Gasteiger partial charge is 0.338 e. The number of carbonyl (C=O) groups excluding carboxylic acids is 2. The highest BCUT2D eigenvalue weighted by Crippen LogP contribution is 2.28.